The quantitative estimate of drug-likeness (QED) is 0.823. The van der Waals surface area contributed by atoms with Crippen LogP contribution < -0.4 is 5.32 Å². The van der Waals surface area contributed by atoms with Crippen molar-refractivity contribution in [2.75, 3.05) is 13.1 Å². The average Bonchev–Trinajstić information content (AvgIpc) is 2.35. The normalized spacial score (nSPS) is 18.0. The number of para-hydroxylation sites is 1. The van der Waals surface area contributed by atoms with Gasteiger partial charge in [0.1, 0.15) is 11.3 Å². The third-order valence-electron chi connectivity index (χ3n) is 3.49. The number of carbonyl (C=O) groups excluding carboxylic acids is 2. The second kappa shape index (κ2) is 4.91. The van der Waals surface area contributed by atoms with Gasteiger partial charge in [-0.1, -0.05) is 18.2 Å². The van der Waals surface area contributed by atoms with Crippen molar-refractivity contribution in [2.24, 2.45) is 0 Å². The number of hydrogen-bond donors (Lipinski definition) is 2. The van der Waals surface area contributed by atoms with E-state index in [9.17, 15) is 14.7 Å². The van der Waals surface area contributed by atoms with Crippen LogP contribution in [0.1, 0.15) is 19.4 Å². The Bertz CT molecular complexity index is 511. The highest BCUT2D eigenvalue weighted by molar-refractivity contribution is 5.92. The molecule has 2 N–H and O–H groups in total. The first-order valence-electron chi connectivity index (χ1n) is 6.28. The molecule has 102 valence electrons. The Morgan fingerprint density at radius 2 is 2.11 bits per heavy atom. The first-order chi connectivity index (χ1) is 8.93. The van der Waals surface area contributed by atoms with Crippen molar-refractivity contribution >= 4 is 11.8 Å². The van der Waals surface area contributed by atoms with E-state index in [1.165, 1.54) is 0 Å². The molecule has 0 spiro atoms. The zero-order valence-corrected chi connectivity index (χ0v) is 11.1. The first-order valence-corrected chi connectivity index (χ1v) is 6.28. The number of amides is 2. The third kappa shape index (κ3) is 2.54. The van der Waals surface area contributed by atoms with Crippen LogP contribution in [0.5, 0.6) is 5.75 Å². The Labute approximate surface area is 112 Å². The molecular formula is C14H18N2O3. The fourth-order valence-electron chi connectivity index (χ4n) is 2.25. The monoisotopic (exact) mass is 262 g/mol. The predicted molar refractivity (Wildman–Crippen MR) is 70.6 cm³/mol. The maximum absolute atomic E-state index is 12.3. The number of carbonyl (C=O) groups is 2. The van der Waals surface area contributed by atoms with E-state index < -0.39 is 5.54 Å². The summed E-state index contributed by atoms with van der Waals surface area (Å²) < 4.78 is 0. The predicted octanol–water partition coefficient (Wildman–Crippen LogP) is 0.672. The van der Waals surface area contributed by atoms with Crippen LogP contribution in [0.25, 0.3) is 0 Å². The van der Waals surface area contributed by atoms with Gasteiger partial charge in [-0.25, -0.2) is 0 Å². The molecule has 1 aromatic rings. The number of phenolic OH excluding ortho intramolecular Hbond substituents is 1. The van der Waals surface area contributed by atoms with Crippen LogP contribution in [0.15, 0.2) is 24.3 Å². The van der Waals surface area contributed by atoms with Crippen molar-refractivity contribution in [3.8, 4) is 5.75 Å². The lowest BCUT2D eigenvalue weighted by Crippen LogP contribution is -2.63. The van der Waals surface area contributed by atoms with Crippen molar-refractivity contribution in [2.45, 2.75) is 25.8 Å². The summed E-state index contributed by atoms with van der Waals surface area (Å²) in [4.78, 5) is 25.7. The minimum absolute atomic E-state index is 0.101. The standard InChI is InChI=1S/C14H18N2O3/c1-14(2)13(19)15-7-8-16(14)12(18)9-10-5-3-4-6-11(10)17/h3-6,17H,7-9H2,1-2H3,(H,15,19). The highest BCUT2D eigenvalue weighted by Gasteiger charge is 2.40. The van der Waals surface area contributed by atoms with E-state index in [1.54, 1.807) is 43.0 Å². The highest BCUT2D eigenvalue weighted by atomic mass is 16.3. The topological polar surface area (TPSA) is 69.6 Å². The third-order valence-corrected chi connectivity index (χ3v) is 3.49. The van der Waals surface area contributed by atoms with Crippen LogP contribution in [0.4, 0.5) is 0 Å². The molecule has 0 radical (unpaired) electrons. The van der Waals surface area contributed by atoms with Gasteiger partial charge in [0.15, 0.2) is 0 Å². The van der Waals surface area contributed by atoms with Crippen LogP contribution in [-0.2, 0) is 16.0 Å². The molecule has 1 heterocycles. The van der Waals surface area contributed by atoms with Crippen molar-refractivity contribution in [1.29, 1.82) is 0 Å². The molecule has 1 aliphatic heterocycles. The number of rotatable bonds is 2. The summed E-state index contributed by atoms with van der Waals surface area (Å²) in [5, 5.41) is 12.4. The van der Waals surface area contributed by atoms with E-state index >= 15 is 0 Å². The minimum Gasteiger partial charge on any atom is -0.508 e. The molecule has 0 atom stereocenters. The van der Waals surface area contributed by atoms with Gasteiger partial charge < -0.3 is 15.3 Å². The number of hydrogen-bond acceptors (Lipinski definition) is 3. The maximum atomic E-state index is 12.3. The molecule has 5 nitrogen and oxygen atoms in total. The van der Waals surface area contributed by atoms with E-state index in [-0.39, 0.29) is 24.0 Å². The van der Waals surface area contributed by atoms with E-state index in [2.05, 4.69) is 5.32 Å². The fourth-order valence-corrected chi connectivity index (χ4v) is 2.25. The molecule has 1 saturated heterocycles. The minimum atomic E-state index is -0.847. The summed E-state index contributed by atoms with van der Waals surface area (Å²) in [5.74, 6) is -0.194. The van der Waals surface area contributed by atoms with Crippen molar-refractivity contribution in [1.82, 2.24) is 10.2 Å². The number of nitrogens with zero attached hydrogens (tertiary/aromatic N) is 1. The smallest absolute Gasteiger partial charge is 0.245 e. The van der Waals surface area contributed by atoms with Gasteiger partial charge in [0.05, 0.1) is 6.42 Å². The molecule has 0 unspecified atom stereocenters. The number of benzene rings is 1. The van der Waals surface area contributed by atoms with Gasteiger partial charge in [-0.3, -0.25) is 9.59 Å². The van der Waals surface area contributed by atoms with E-state index in [4.69, 9.17) is 0 Å². The molecule has 1 aliphatic rings. The molecule has 2 rings (SSSR count). The Kier molecular flexibility index (Phi) is 3.46. The maximum Gasteiger partial charge on any atom is 0.245 e. The second-order valence-electron chi connectivity index (χ2n) is 5.17. The lowest BCUT2D eigenvalue weighted by molar-refractivity contribution is -0.148. The zero-order chi connectivity index (χ0) is 14.0. The van der Waals surface area contributed by atoms with Gasteiger partial charge in [0.2, 0.25) is 11.8 Å². The highest BCUT2D eigenvalue weighted by Crippen LogP contribution is 2.22. The molecule has 0 bridgehead atoms. The van der Waals surface area contributed by atoms with Crippen LogP contribution >= 0.6 is 0 Å². The number of nitrogens with one attached hydrogen (secondary N) is 1. The van der Waals surface area contributed by atoms with Gasteiger partial charge in [0.25, 0.3) is 0 Å². The van der Waals surface area contributed by atoms with Gasteiger partial charge in [-0.15, -0.1) is 0 Å². The molecule has 1 aromatic carbocycles. The number of aromatic hydroxyl groups is 1. The molecule has 0 aliphatic carbocycles. The Balaban J connectivity index is 2.16. The van der Waals surface area contributed by atoms with Crippen LogP contribution in [0.3, 0.4) is 0 Å². The van der Waals surface area contributed by atoms with Gasteiger partial charge in [-0.2, -0.15) is 0 Å². The Morgan fingerprint density at radius 1 is 1.42 bits per heavy atom. The first kappa shape index (κ1) is 13.4. The average molecular weight is 262 g/mol. The summed E-state index contributed by atoms with van der Waals surface area (Å²) in [6.45, 7) is 4.41. The van der Waals surface area contributed by atoms with E-state index in [0.29, 0.717) is 18.7 Å². The van der Waals surface area contributed by atoms with Gasteiger partial charge in [-0.05, 0) is 19.9 Å². The summed E-state index contributed by atoms with van der Waals surface area (Å²) in [7, 11) is 0. The van der Waals surface area contributed by atoms with Gasteiger partial charge >= 0.3 is 0 Å². The van der Waals surface area contributed by atoms with Crippen molar-refractivity contribution in [3.05, 3.63) is 29.8 Å². The molecule has 19 heavy (non-hydrogen) atoms. The van der Waals surface area contributed by atoms with Crippen LogP contribution in [-0.4, -0.2) is 40.4 Å². The van der Waals surface area contributed by atoms with Gasteiger partial charge in [0, 0.05) is 18.7 Å². The summed E-state index contributed by atoms with van der Waals surface area (Å²) >= 11 is 0. The SMILES string of the molecule is CC1(C)C(=O)NCCN1C(=O)Cc1ccccc1O. The lowest BCUT2D eigenvalue weighted by Gasteiger charge is -2.41. The molecular weight excluding hydrogens is 244 g/mol. The van der Waals surface area contributed by atoms with E-state index in [1.807, 2.05) is 0 Å². The molecule has 0 saturated carbocycles. The largest absolute Gasteiger partial charge is 0.508 e. The zero-order valence-electron chi connectivity index (χ0n) is 11.1. The summed E-state index contributed by atoms with van der Waals surface area (Å²) in [6.07, 6.45) is 0.101. The lowest BCUT2D eigenvalue weighted by atomic mass is 9.97. The number of phenols is 1. The van der Waals surface area contributed by atoms with Crippen molar-refractivity contribution in [3.63, 3.8) is 0 Å². The fraction of sp³-hybridized carbons (Fsp3) is 0.429. The molecule has 1 fully saturated rings. The molecule has 2 amide bonds. The Morgan fingerprint density at radius 3 is 2.79 bits per heavy atom. The summed E-state index contributed by atoms with van der Waals surface area (Å²) in [5.41, 5.74) is -0.269. The second-order valence-corrected chi connectivity index (χ2v) is 5.17. The summed E-state index contributed by atoms with van der Waals surface area (Å²) in [6, 6.07) is 6.75. The molecule has 5 heteroatoms. The number of piperazine rings is 1. The van der Waals surface area contributed by atoms with Crippen LogP contribution in [0, 0.1) is 0 Å². The van der Waals surface area contributed by atoms with E-state index in [0.717, 1.165) is 0 Å². The Hall–Kier alpha value is -2.04. The molecule has 0 aromatic heterocycles. The van der Waals surface area contributed by atoms with Crippen LogP contribution in [0.2, 0.25) is 0 Å². The van der Waals surface area contributed by atoms with Crippen molar-refractivity contribution < 1.29 is 14.7 Å².